The number of H-pyrrole nitrogens is 1. The van der Waals surface area contributed by atoms with Crippen LogP contribution < -0.4 is 10.0 Å². The fraction of sp³-hybridized carbons (Fsp3) is 0.462. The molecule has 0 amide bonds. The highest BCUT2D eigenvalue weighted by atomic mass is 32.2. The van der Waals surface area contributed by atoms with Gasteiger partial charge in [-0.2, -0.15) is 9.82 Å². The van der Waals surface area contributed by atoms with E-state index in [4.69, 9.17) is 4.42 Å². The number of aromatic nitrogens is 2. The number of sulfonamides is 1. The monoisotopic (exact) mass is 312 g/mol. The Labute approximate surface area is 124 Å². The predicted molar refractivity (Wildman–Crippen MR) is 78.0 cm³/mol. The number of nitrogens with one attached hydrogen (secondary N) is 3. The summed E-state index contributed by atoms with van der Waals surface area (Å²) in [5.41, 5.74) is 0.614. The molecule has 3 N–H and O–H groups in total. The van der Waals surface area contributed by atoms with E-state index in [0.717, 1.165) is 13.0 Å². The lowest BCUT2D eigenvalue weighted by atomic mass is 10.3. The summed E-state index contributed by atoms with van der Waals surface area (Å²) in [6.45, 7) is 5.05. The molecule has 0 aromatic carbocycles. The molecule has 0 radical (unpaired) electrons. The van der Waals surface area contributed by atoms with Gasteiger partial charge in [0.15, 0.2) is 5.03 Å². The van der Waals surface area contributed by atoms with E-state index in [-0.39, 0.29) is 5.03 Å². The second-order valence-electron chi connectivity index (χ2n) is 4.76. The van der Waals surface area contributed by atoms with Crippen LogP contribution in [0.4, 0.5) is 0 Å². The topological polar surface area (TPSA) is 100 Å². The van der Waals surface area contributed by atoms with Crippen LogP contribution in [0.25, 0.3) is 0 Å². The van der Waals surface area contributed by atoms with Crippen LogP contribution in [0.2, 0.25) is 0 Å². The molecule has 0 saturated carbocycles. The lowest BCUT2D eigenvalue weighted by Gasteiger charge is -2.12. The highest BCUT2D eigenvalue weighted by Gasteiger charge is 2.24. The van der Waals surface area contributed by atoms with Gasteiger partial charge in [0.05, 0.1) is 18.5 Å². The van der Waals surface area contributed by atoms with E-state index in [1.165, 1.54) is 12.5 Å². The van der Waals surface area contributed by atoms with Gasteiger partial charge in [-0.25, -0.2) is 8.42 Å². The summed E-state index contributed by atoms with van der Waals surface area (Å²) in [5, 5.41) is 9.63. The third-order valence-electron chi connectivity index (χ3n) is 2.99. The molecule has 2 heterocycles. The van der Waals surface area contributed by atoms with Crippen molar-refractivity contribution >= 4 is 10.0 Å². The molecule has 116 valence electrons. The van der Waals surface area contributed by atoms with Crippen LogP contribution in [-0.2, 0) is 16.6 Å². The van der Waals surface area contributed by atoms with Gasteiger partial charge in [0, 0.05) is 12.1 Å². The van der Waals surface area contributed by atoms with Gasteiger partial charge in [-0.15, -0.1) is 0 Å². The molecule has 7 nitrogen and oxygen atoms in total. The summed E-state index contributed by atoms with van der Waals surface area (Å²) in [4.78, 5) is 0. The Kier molecular flexibility index (Phi) is 5.16. The Morgan fingerprint density at radius 3 is 2.95 bits per heavy atom. The van der Waals surface area contributed by atoms with Crippen molar-refractivity contribution < 1.29 is 12.8 Å². The van der Waals surface area contributed by atoms with E-state index in [2.05, 4.69) is 20.2 Å². The molecule has 2 rings (SSSR count). The van der Waals surface area contributed by atoms with Crippen molar-refractivity contribution in [2.75, 3.05) is 6.54 Å². The van der Waals surface area contributed by atoms with E-state index in [1.54, 1.807) is 19.1 Å². The Morgan fingerprint density at radius 2 is 2.29 bits per heavy atom. The molecule has 0 aliphatic carbocycles. The number of hydrogen-bond donors (Lipinski definition) is 3. The molecule has 0 spiro atoms. The van der Waals surface area contributed by atoms with Crippen molar-refractivity contribution in [1.29, 1.82) is 0 Å². The quantitative estimate of drug-likeness (QED) is 0.642. The Hall–Kier alpha value is -1.64. The van der Waals surface area contributed by atoms with Crippen LogP contribution in [0.3, 0.4) is 0 Å². The smallest absolute Gasteiger partial charge is 0.258 e. The van der Waals surface area contributed by atoms with Crippen LogP contribution in [0.15, 0.2) is 34.0 Å². The molecule has 2 aromatic rings. The summed E-state index contributed by atoms with van der Waals surface area (Å²) in [6.07, 6.45) is 4.01. The highest BCUT2D eigenvalue weighted by Crippen LogP contribution is 2.18. The van der Waals surface area contributed by atoms with E-state index < -0.39 is 16.1 Å². The molecule has 0 fully saturated rings. The van der Waals surface area contributed by atoms with Gasteiger partial charge in [0.1, 0.15) is 5.76 Å². The number of hydrogen-bond acceptors (Lipinski definition) is 5. The molecule has 1 atom stereocenters. The zero-order valence-electron chi connectivity index (χ0n) is 12.1. The Balaban J connectivity index is 2.11. The minimum atomic E-state index is -3.68. The molecule has 0 bridgehead atoms. The number of furan rings is 1. The van der Waals surface area contributed by atoms with Crippen LogP contribution in [-0.4, -0.2) is 25.2 Å². The third kappa shape index (κ3) is 3.93. The highest BCUT2D eigenvalue weighted by molar-refractivity contribution is 7.89. The van der Waals surface area contributed by atoms with Crippen molar-refractivity contribution in [3.8, 4) is 0 Å². The Morgan fingerprint density at radius 1 is 1.48 bits per heavy atom. The molecular formula is C13H20N4O3S. The minimum Gasteiger partial charge on any atom is -0.468 e. The summed E-state index contributed by atoms with van der Waals surface area (Å²) < 4.78 is 32.6. The second-order valence-corrected chi connectivity index (χ2v) is 6.41. The van der Waals surface area contributed by atoms with Gasteiger partial charge in [0.2, 0.25) is 0 Å². The van der Waals surface area contributed by atoms with Gasteiger partial charge >= 0.3 is 0 Å². The summed E-state index contributed by atoms with van der Waals surface area (Å²) >= 11 is 0. The molecule has 2 aromatic heterocycles. The van der Waals surface area contributed by atoms with Crippen molar-refractivity contribution in [1.82, 2.24) is 20.2 Å². The van der Waals surface area contributed by atoms with Gasteiger partial charge in [0.25, 0.3) is 10.0 Å². The standard InChI is InChI=1S/C13H20N4O3S/c1-3-6-14-8-11-9-15-16-13(11)21(18,19)17-10(2)12-5-4-7-20-12/h4-5,7,9-10,14,17H,3,6,8H2,1-2H3,(H,15,16). The first-order valence-electron chi connectivity index (χ1n) is 6.83. The van der Waals surface area contributed by atoms with Crippen molar-refractivity contribution in [2.45, 2.75) is 37.9 Å². The average Bonchev–Trinajstić information content (AvgIpc) is 3.10. The maximum atomic E-state index is 12.4. The third-order valence-corrected chi connectivity index (χ3v) is 4.55. The van der Waals surface area contributed by atoms with E-state index in [1.807, 2.05) is 6.92 Å². The first-order chi connectivity index (χ1) is 10.0. The summed E-state index contributed by atoms with van der Waals surface area (Å²) in [6, 6.07) is 2.99. The fourth-order valence-corrected chi connectivity index (χ4v) is 3.29. The molecular weight excluding hydrogens is 292 g/mol. The largest absolute Gasteiger partial charge is 0.468 e. The fourth-order valence-electron chi connectivity index (χ4n) is 1.95. The number of rotatable bonds is 8. The number of aromatic amines is 1. The van der Waals surface area contributed by atoms with Gasteiger partial charge in [-0.3, -0.25) is 5.10 Å². The lowest BCUT2D eigenvalue weighted by molar-refractivity contribution is 0.458. The molecule has 21 heavy (non-hydrogen) atoms. The van der Waals surface area contributed by atoms with Crippen molar-refractivity contribution in [2.24, 2.45) is 0 Å². The van der Waals surface area contributed by atoms with Gasteiger partial charge in [-0.05, 0) is 32.0 Å². The predicted octanol–water partition coefficient (Wildman–Crippen LogP) is 1.54. The SMILES string of the molecule is CCCNCc1cn[nH]c1S(=O)(=O)NC(C)c1ccco1. The van der Waals surface area contributed by atoms with E-state index >= 15 is 0 Å². The zero-order chi connectivity index (χ0) is 15.3. The summed E-state index contributed by atoms with van der Waals surface area (Å²) in [5.74, 6) is 0.559. The maximum Gasteiger partial charge on any atom is 0.258 e. The first-order valence-corrected chi connectivity index (χ1v) is 8.31. The maximum absolute atomic E-state index is 12.4. The van der Waals surface area contributed by atoms with Crippen LogP contribution in [0, 0.1) is 0 Å². The Bertz CT molecular complexity index is 649. The van der Waals surface area contributed by atoms with Crippen LogP contribution in [0.1, 0.15) is 37.6 Å². The van der Waals surface area contributed by atoms with E-state index in [9.17, 15) is 8.42 Å². The molecule has 0 saturated heterocycles. The molecule has 8 heteroatoms. The number of nitrogens with zero attached hydrogens (tertiary/aromatic N) is 1. The molecule has 0 aliphatic heterocycles. The normalized spacial score (nSPS) is 13.4. The van der Waals surface area contributed by atoms with Crippen LogP contribution >= 0.6 is 0 Å². The first kappa shape index (κ1) is 15.7. The van der Waals surface area contributed by atoms with Gasteiger partial charge < -0.3 is 9.73 Å². The average molecular weight is 312 g/mol. The van der Waals surface area contributed by atoms with E-state index in [0.29, 0.717) is 17.9 Å². The van der Waals surface area contributed by atoms with Crippen molar-refractivity contribution in [3.05, 3.63) is 35.9 Å². The van der Waals surface area contributed by atoms with Crippen LogP contribution in [0.5, 0.6) is 0 Å². The zero-order valence-corrected chi connectivity index (χ0v) is 12.9. The summed E-state index contributed by atoms with van der Waals surface area (Å²) in [7, 11) is -3.68. The van der Waals surface area contributed by atoms with Gasteiger partial charge in [-0.1, -0.05) is 6.92 Å². The molecule has 0 aliphatic rings. The second kappa shape index (κ2) is 6.88. The lowest BCUT2D eigenvalue weighted by Crippen LogP contribution is -2.28. The molecule has 1 unspecified atom stereocenters. The minimum absolute atomic E-state index is 0.0875. The van der Waals surface area contributed by atoms with Crippen molar-refractivity contribution in [3.63, 3.8) is 0 Å².